The Morgan fingerprint density at radius 3 is 1.58 bits per heavy atom. The predicted octanol–water partition coefficient (Wildman–Crippen LogP) is 13.5. The molecule has 1 aliphatic rings. The van der Waals surface area contributed by atoms with Gasteiger partial charge in [-0.2, -0.15) is 0 Å². The molecule has 248 valence electrons. The van der Waals surface area contributed by atoms with E-state index in [1.807, 2.05) is 12.4 Å². The second-order valence-corrected chi connectivity index (χ2v) is 15.1. The molecule has 0 saturated heterocycles. The highest BCUT2D eigenvalue weighted by Crippen LogP contribution is 2.49. The number of pyridine rings is 2. The van der Waals surface area contributed by atoms with E-state index >= 15 is 0 Å². The Morgan fingerprint density at radius 1 is 0.358 bits per heavy atom. The summed E-state index contributed by atoms with van der Waals surface area (Å²) in [7, 11) is 0. The number of hydrogen-bond acceptors (Lipinski definition) is 2. The van der Waals surface area contributed by atoms with Crippen molar-refractivity contribution in [1.82, 2.24) is 9.97 Å². The molecule has 53 heavy (non-hydrogen) atoms. The second kappa shape index (κ2) is 11.2. The fourth-order valence-corrected chi connectivity index (χ4v) is 8.80. The molecule has 11 rings (SSSR count). The van der Waals surface area contributed by atoms with Crippen LogP contribution in [0.25, 0.3) is 99.0 Å². The summed E-state index contributed by atoms with van der Waals surface area (Å²) >= 11 is 0. The van der Waals surface area contributed by atoms with Gasteiger partial charge in [-0.1, -0.05) is 147 Å². The molecule has 0 fully saturated rings. The molecule has 2 heteroatoms. The van der Waals surface area contributed by atoms with Gasteiger partial charge < -0.3 is 0 Å². The number of nitrogens with zero attached hydrogens (tertiary/aromatic N) is 2. The normalized spacial score (nSPS) is 13.2. The van der Waals surface area contributed by atoms with Gasteiger partial charge in [-0.3, -0.25) is 9.97 Å². The molecule has 0 amide bonds. The van der Waals surface area contributed by atoms with E-state index in [0.29, 0.717) is 0 Å². The molecule has 2 heterocycles. The third kappa shape index (κ3) is 4.59. The van der Waals surface area contributed by atoms with Gasteiger partial charge in [-0.15, -0.1) is 0 Å². The van der Waals surface area contributed by atoms with Crippen LogP contribution in [0.4, 0.5) is 0 Å². The highest BCUT2D eigenvalue weighted by Gasteiger charge is 2.38. The topological polar surface area (TPSA) is 25.8 Å². The zero-order valence-corrected chi connectivity index (χ0v) is 29.6. The fourth-order valence-electron chi connectivity index (χ4n) is 8.80. The maximum atomic E-state index is 5.06. The Bertz CT molecular complexity index is 3060. The fraction of sp³-hybridized carbons (Fsp3) is 0.0588. The lowest BCUT2D eigenvalue weighted by Gasteiger charge is -2.22. The molecule has 1 aliphatic carbocycles. The first kappa shape index (κ1) is 30.0. The molecule has 0 N–H and O–H groups in total. The van der Waals surface area contributed by atoms with E-state index in [1.54, 1.807) is 0 Å². The molecular weight excluding hydrogens is 641 g/mol. The van der Waals surface area contributed by atoms with Crippen molar-refractivity contribution in [3.05, 3.63) is 181 Å². The van der Waals surface area contributed by atoms with Crippen molar-refractivity contribution >= 4 is 43.1 Å². The number of rotatable bonds is 4. The van der Waals surface area contributed by atoms with Crippen molar-refractivity contribution < 1.29 is 0 Å². The quantitative estimate of drug-likeness (QED) is 0.174. The van der Waals surface area contributed by atoms with Crippen molar-refractivity contribution in [1.29, 1.82) is 0 Å². The first-order valence-electron chi connectivity index (χ1n) is 18.4. The highest BCUT2D eigenvalue weighted by atomic mass is 14.8. The van der Waals surface area contributed by atoms with Gasteiger partial charge in [0.1, 0.15) is 0 Å². The van der Waals surface area contributed by atoms with Gasteiger partial charge in [0.2, 0.25) is 0 Å². The van der Waals surface area contributed by atoms with Gasteiger partial charge >= 0.3 is 0 Å². The summed E-state index contributed by atoms with van der Waals surface area (Å²) in [5, 5.41) is 10.4. The summed E-state index contributed by atoms with van der Waals surface area (Å²) in [6.07, 6.45) is 4.02. The third-order valence-corrected chi connectivity index (χ3v) is 11.7. The average molecular weight is 675 g/mol. The highest BCUT2D eigenvalue weighted by molar-refractivity contribution is 6.25. The van der Waals surface area contributed by atoms with Crippen LogP contribution < -0.4 is 0 Å². The monoisotopic (exact) mass is 674 g/mol. The van der Waals surface area contributed by atoms with Gasteiger partial charge in [0.25, 0.3) is 0 Å². The molecule has 0 radical (unpaired) electrons. The number of hydrogen-bond donors (Lipinski definition) is 0. The summed E-state index contributed by atoms with van der Waals surface area (Å²) < 4.78 is 0. The number of fused-ring (bicyclic) bond motifs is 4. The molecule has 0 unspecified atom stereocenters. The SMILES string of the molecule is CC1(C)c2cc(-c3cccc(-c4ccc(-c5ccc6ccc7cccc8ccc5c6c78)cc4)c3)cnc2-c2ncc(-c3ccc4ccccc4c3)cc21. The molecule has 2 nitrogen and oxygen atoms in total. The van der Waals surface area contributed by atoms with Crippen LogP contribution in [-0.2, 0) is 5.41 Å². The summed E-state index contributed by atoms with van der Waals surface area (Å²) in [4.78, 5) is 10.1. The van der Waals surface area contributed by atoms with Gasteiger partial charge in [-0.05, 0) is 112 Å². The minimum Gasteiger partial charge on any atom is -0.254 e. The van der Waals surface area contributed by atoms with Crippen LogP contribution in [0.15, 0.2) is 170 Å². The minimum absolute atomic E-state index is 0.230. The summed E-state index contributed by atoms with van der Waals surface area (Å²) in [6.45, 7) is 4.60. The van der Waals surface area contributed by atoms with Gasteiger partial charge in [0.15, 0.2) is 0 Å². The molecule has 0 spiro atoms. The molecule has 0 bridgehead atoms. The first-order chi connectivity index (χ1) is 26.0. The Labute approximate surface area is 308 Å². The van der Waals surface area contributed by atoms with Crippen LogP contribution in [0.1, 0.15) is 25.0 Å². The van der Waals surface area contributed by atoms with Crippen LogP contribution >= 0.6 is 0 Å². The number of aromatic nitrogens is 2. The van der Waals surface area contributed by atoms with Crippen LogP contribution in [0.5, 0.6) is 0 Å². The minimum atomic E-state index is -0.230. The van der Waals surface area contributed by atoms with Crippen molar-refractivity contribution in [2.24, 2.45) is 0 Å². The van der Waals surface area contributed by atoms with Gasteiger partial charge in [-0.25, -0.2) is 0 Å². The summed E-state index contributed by atoms with van der Waals surface area (Å²) in [6, 6.07) is 57.9. The third-order valence-electron chi connectivity index (χ3n) is 11.7. The van der Waals surface area contributed by atoms with Crippen LogP contribution in [0, 0.1) is 0 Å². The Balaban J connectivity index is 0.916. The van der Waals surface area contributed by atoms with E-state index in [9.17, 15) is 0 Å². The van der Waals surface area contributed by atoms with Crippen molar-refractivity contribution in [3.63, 3.8) is 0 Å². The van der Waals surface area contributed by atoms with E-state index in [-0.39, 0.29) is 5.41 Å². The molecule has 0 aliphatic heterocycles. The Hall–Kier alpha value is -6.64. The molecule has 2 aromatic heterocycles. The van der Waals surface area contributed by atoms with Crippen molar-refractivity contribution in [2.45, 2.75) is 19.3 Å². The first-order valence-corrected chi connectivity index (χ1v) is 18.4. The number of benzene rings is 8. The van der Waals surface area contributed by atoms with Crippen LogP contribution in [0.2, 0.25) is 0 Å². The van der Waals surface area contributed by atoms with Crippen LogP contribution in [0.3, 0.4) is 0 Å². The maximum Gasteiger partial charge on any atom is 0.0930 e. The van der Waals surface area contributed by atoms with E-state index in [2.05, 4.69) is 172 Å². The van der Waals surface area contributed by atoms with E-state index in [0.717, 1.165) is 28.1 Å². The zero-order chi connectivity index (χ0) is 35.3. The maximum absolute atomic E-state index is 5.06. The zero-order valence-electron chi connectivity index (χ0n) is 29.6. The molecule has 8 aromatic carbocycles. The second-order valence-electron chi connectivity index (χ2n) is 15.1. The van der Waals surface area contributed by atoms with E-state index in [1.165, 1.54) is 82.0 Å². The summed E-state index contributed by atoms with van der Waals surface area (Å²) in [5.74, 6) is 0. The molecular formula is C51H34N2. The van der Waals surface area contributed by atoms with Gasteiger partial charge in [0, 0.05) is 28.9 Å². The van der Waals surface area contributed by atoms with Crippen LogP contribution in [-0.4, -0.2) is 9.97 Å². The standard InChI is InChI=1S/C51H34N2/c1-51(2)45-27-41(29-52-49(45)50-46(51)28-42(30-53-50)40-20-15-31-7-3-4-8-37(31)26-40)39-12-6-11-38(25-39)32-13-16-33(17-14-32)43-23-21-36-19-18-34-9-5-10-35-22-24-44(43)48(36)47(34)35/h3-30H,1-2H3. The molecule has 0 atom stereocenters. The average Bonchev–Trinajstić information content (AvgIpc) is 3.44. The van der Waals surface area contributed by atoms with Crippen molar-refractivity contribution in [3.8, 4) is 55.9 Å². The Morgan fingerprint density at radius 2 is 0.868 bits per heavy atom. The molecule has 0 saturated carbocycles. The lowest BCUT2D eigenvalue weighted by atomic mass is 9.81. The lowest BCUT2D eigenvalue weighted by molar-refractivity contribution is 0.658. The van der Waals surface area contributed by atoms with Gasteiger partial charge in [0.05, 0.1) is 11.4 Å². The Kier molecular flexibility index (Phi) is 6.33. The lowest BCUT2D eigenvalue weighted by Crippen LogP contribution is -2.15. The predicted molar refractivity (Wildman–Crippen MR) is 223 cm³/mol. The summed E-state index contributed by atoms with van der Waals surface area (Å²) in [5.41, 5.74) is 13.6. The smallest absolute Gasteiger partial charge is 0.0930 e. The van der Waals surface area contributed by atoms with E-state index < -0.39 is 0 Å². The van der Waals surface area contributed by atoms with Crippen molar-refractivity contribution in [2.75, 3.05) is 0 Å². The van der Waals surface area contributed by atoms with E-state index in [4.69, 9.17) is 9.97 Å². The largest absolute Gasteiger partial charge is 0.254 e. The molecule has 10 aromatic rings.